The molecule has 7 heteroatoms. The van der Waals surface area contributed by atoms with E-state index in [9.17, 15) is 13.2 Å². The van der Waals surface area contributed by atoms with E-state index in [1.54, 1.807) is 35.4 Å². The van der Waals surface area contributed by atoms with Crippen LogP contribution in [0.1, 0.15) is 45.4 Å². The molecule has 0 spiro atoms. The minimum Gasteiger partial charge on any atom is -0.467 e. The number of amides is 1. The van der Waals surface area contributed by atoms with Crippen molar-refractivity contribution in [2.24, 2.45) is 5.41 Å². The Hall–Kier alpha value is -2.28. The molecule has 1 aromatic carbocycles. The van der Waals surface area contributed by atoms with Gasteiger partial charge in [0.15, 0.2) is 0 Å². The fourth-order valence-corrected chi connectivity index (χ4v) is 3.02. The normalized spacial score (nSPS) is 12.0. The number of rotatable bonds is 8. The van der Waals surface area contributed by atoms with Gasteiger partial charge in [-0.15, -0.1) is 0 Å². The molecule has 27 heavy (non-hydrogen) atoms. The Balaban J connectivity index is 2.20. The molecule has 0 N–H and O–H groups in total. The van der Waals surface area contributed by atoms with Crippen LogP contribution >= 0.6 is 0 Å². The highest BCUT2D eigenvalue weighted by Crippen LogP contribution is 2.23. The molecule has 0 aliphatic heterocycles. The molecule has 0 radical (unpaired) electrons. The highest BCUT2D eigenvalue weighted by atomic mass is 32.2. The summed E-state index contributed by atoms with van der Waals surface area (Å²) in [5.41, 5.74) is 0.645. The van der Waals surface area contributed by atoms with Crippen molar-refractivity contribution in [3.8, 4) is 5.75 Å². The lowest BCUT2D eigenvalue weighted by atomic mass is 9.91. The van der Waals surface area contributed by atoms with E-state index in [1.165, 1.54) is 6.92 Å². The van der Waals surface area contributed by atoms with Crippen LogP contribution in [0.3, 0.4) is 0 Å². The molecule has 0 fully saturated rings. The van der Waals surface area contributed by atoms with Gasteiger partial charge in [0.25, 0.3) is 0 Å². The van der Waals surface area contributed by atoms with Gasteiger partial charge in [-0.25, -0.2) is 0 Å². The maximum Gasteiger partial charge on any atom is 0.308 e. The van der Waals surface area contributed by atoms with E-state index >= 15 is 0 Å². The van der Waals surface area contributed by atoms with Crippen molar-refractivity contribution >= 4 is 16.0 Å². The second kappa shape index (κ2) is 8.61. The van der Waals surface area contributed by atoms with Crippen LogP contribution in [0.25, 0.3) is 0 Å². The number of carbonyl (C=O) groups is 1. The van der Waals surface area contributed by atoms with E-state index in [1.807, 2.05) is 32.9 Å². The van der Waals surface area contributed by atoms with Gasteiger partial charge in [0.05, 0.1) is 18.6 Å². The third-order valence-corrected chi connectivity index (χ3v) is 4.96. The van der Waals surface area contributed by atoms with E-state index in [-0.39, 0.29) is 22.8 Å². The number of hydrogen-bond donors (Lipinski definition) is 0. The first kappa shape index (κ1) is 21.0. The Bertz CT molecular complexity index is 851. The topological polar surface area (TPSA) is 76.8 Å². The molecule has 2 rings (SSSR count). The Morgan fingerprint density at radius 1 is 1.15 bits per heavy atom. The Labute approximate surface area is 161 Å². The molecule has 1 aromatic heterocycles. The van der Waals surface area contributed by atoms with Gasteiger partial charge in [-0.05, 0) is 42.2 Å². The van der Waals surface area contributed by atoms with Crippen LogP contribution in [-0.4, -0.2) is 25.0 Å². The van der Waals surface area contributed by atoms with E-state index in [2.05, 4.69) is 0 Å². The zero-order chi connectivity index (χ0) is 20.1. The quantitative estimate of drug-likeness (QED) is 0.634. The summed E-state index contributed by atoms with van der Waals surface area (Å²) in [5.74, 6) is 0.839. The number of furan rings is 1. The zero-order valence-corrected chi connectivity index (χ0v) is 17.1. The number of hydrogen-bond acceptors (Lipinski definition) is 5. The van der Waals surface area contributed by atoms with Gasteiger partial charge < -0.3 is 13.5 Å². The summed E-state index contributed by atoms with van der Waals surface area (Å²) in [6.07, 6.45) is 1.97. The second-order valence-corrected chi connectivity index (χ2v) is 9.50. The molecular formula is C20H27NO5S. The molecule has 1 heterocycles. The third kappa shape index (κ3) is 7.09. The smallest absolute Gasteiger partial charge is 0.308 e. The van der Waals surface area contributed by atoms with Crippen LogP contribution in [-0.2, 0) is 28.0 Å². The standard InChI is InChI=1S/C20H27NO5S/c1-5-27(23,24)26-17-9-6-8-16(12-17)14-21(15-18-10-7-11-25-18)19(22)13-20(2,3)4/h6-12H,5,13-15H2,1-4H3. The average Bonchev–Trinajstić information content (AvgIpc) is 3.06. The van der Waals surface area contributed by atoms with Crippen LogP contribution in [0, 0.1) is 5.41 Å². The van der Waals surface area contributed by atoms with Gasteiger partial charge >= 0.3 is 10.1 Å². The van der Waals surface area contributed by atoms with Crippen molar-refractivity contribution in [3.63, 3.8) is 0 Å². The Morgan fingerprint density at radius 2 is 1.89 bits per heavy atom. The molecule has 0 aliphatic carbocycles. The third-order valence-electron chi connectivity index (χ3n) is 3.81. The molecule has 0 bridgehead atoms. The van der Waals surface area contributed by atoms with E-state index in [0.29, 0.717) is 25.3 Å². The Morgan fingerprint density at radius 3 is 2.48 bits per heavy atom. The van der Waals surface area contributed by atoms with Crippen molar-refractivity contribution in [1.29, 1.82) is 0 Å². The molecule has 1 amide bonds. The summed E-state index contributed by atoms with van der Waals surface area (Å²) in [7, 11) is -3.59. The van der Waals surface area contributed by atoms with Gasteiger partial charge in [0, 0.05) is 13.0 Å². The lowest BCUT2D eigenvalue weighted by Gasteiger charge is -2.26. The van der Waals surface area contributed by atoms with Crippen LogP contribution in [0.4, 0.5) is 0 Å². The van der Waals surface area contributed by atoms with Crippen LogP contribution in [0.2, 0.25) is 0 Å². The van der Waals surface area contributed by atoms with Gasteiger partial charge in [-0.1, -0.05) is 32.9 Å². The predicted molar refractivity (Wildman–Crippen MR) is 104 cm³/mol. The lowest BCUT2D eigenvalue weighted by molar-refractivity contribution is -0.134. The van der Waals surface area contributed by atoms with Crippen LogP contribution < -0.4 is 4.18 Å². The first-order valence-electron chi connectivity index (χ1n) is 8.89. The SMILES string of the molecule is CCS(=O)(=O)Oc1cccc(CN(Cc2ccco2)C(=O)CC(C)(C)C)c1. The molecule has 0 saturated heterocycles. The molecule has 6 nitrogen and oxygen atoms in total. The fraction of sp³-hybridized carbons (Fsp3) is 0.450. The largest absolute Gasteiger partial charge is 0.467 e. The monoisotopic (exact) mass is 393 g/mol. The number of benzene rings is 1. The van der Waals surface area contributed by atoms with Crippen molar-refractivity contribution < 1.29 is 21.8 Å². The number of nitrogens with zero attached hydrogens (tertiary/aromatic N) is 1. The molecule has 2 aromatic rings. The van der Waals surface area contributed by atoms with Crippen molar-refractivity contribution in [2.75, 3.05) is 5.75 Å². The highest BCUT2D eigenvalue weighted by molar-refractivity contribution is 7.87. The summed E-state index contributed by atoms with van der Waals surface area (Å²) < 4.78 is 33.8. The average molecular weight is 394 g/mol. The molecule has 0 aliphatic rings. The molecule has 0 atom stereocenters. The van der Waals surface area contributed by atoms with Gasteiger partial charge in [0.1, 0.15) is 11.5 Å². The minimum atomic E-state index is -3.59. The zero-order valence-electron chi connectivity index (χ0n) is 16.3. The van der Waals surface area contributed by atoms with Gasteiger partial charge in [0.2, 0.25) is 5.91 Å². The summed E-state index contributed by atoms with van der Waals surface area (Å²) in [6, 6.07) is 10.4. The van der Waals surface area contributed by atoms with Crippen molar-refractivity contribution in [3.05, 3.63) is 54.0 Å². The summed E-state index contributed by atoms with van der Waals surface area (Å²) >= 11 is 0. The van der Waals surface area contributed by atoms with Gasteiger partial charge in [-0.2, -0.15) is 8.42 Å². The van der Waals surface area contributed by atoms with Crippen LogP contribution in [0.5, 0.6) is 5.75 Å². The molecular weight excluding hydrogens is 366 g/mol. The van der Waals surface area contributed by atoms with Crippen molar-refractivity contribution in [1.82, 2.24) is 4.90 Å². The number of carbonyl (C=O) groups excluding carboxylic acids is 1. The summed E-state index contributed by atoms with van der Waals surface area (Å²) in [6.45, 7) is 8.24. The van der Waals surface area contributed by atoms with Crippen LogP contribution in [0.15, 0.2) is 47.1 Å². The minimum absolute atomic E-state index is 0.00593. The lowest BCUT2D eigenvalue weighted by Crippen LogP contribution is -2.32. The highest BCUT2D eigenvalue weighted by Gasteiger charge is 2.22. The van der Waals surface area contributed by atoms with E-state index in [0.717, 1.165) is 5.56 Å². The van der Waals surface area contributed by atoms with E-state index < -0.39 is 10.1 Å². The maximum atomic E-state index is 12.8. The predicted octanol–water partition coefficient (Wildman–Crippen LogP) is 3.97. The fourth-order valence-electron chi connectivity index (χ4n) is 2.51. The summed E-state index contributed by atoms with van der Waals surface area (Å²) in [5, 5.41) is 0. The van der Waals surface area contributed by atoms with Gasteiger partial charge in [-0.3, -0.25) is 4.79 Å². The second-order valence-electron chi connectivity index (χ2n) is 7.64. The van der Waals surface area contributed by atoms with E-state index in [4.69, 9.17) is 8.60 Å². The molecule has 0 saturated carbocycles. The summed E-state index contributed by atoms with van der Waals surface area (Å²) in [4.78, 5) is 14.5. The first-order valence-corrected chi connectivity index (χ1v) is 10.5. The first-order chi connectivity index (χ1) is 12.6. The molecule has 148 valence electrons. The molecule has 0 unspecified atom stereocenters. The van der Waals surface area contributed by atoms with Crippen molar-refractivity contribution in [2.45, 2.75) is 47.2 Å². The maximum absolute atomic E-state index is 12.8. The Kier molecular flexibility index (Phi) is 6.70.